The van der Waals surface area contributed by atoms with Crippen LogP contribution in [0.25, 0.3) is 16.9 Å². The second kappa shape index (κ2) is 5.10. The molecule has 1 aliphatic rings. The van der Waals surface area contributed by atoms with Crippen LogP contribution in [0.15, 0.2) is 35.1 Å². The Morgan fingerprint density at radius 3 is 2.90 bits per heavy atom. The molecule has 104 valence electrons. The Hall–Kier alpha value is -1.54. The molecule has 1 unspecified atom stereocenters. The third kappa shape index (κ3) is 2.18. The fraction of sp³-hybridized carbons (Fsp3) is 0.353. The minimum Gasteiger partial charge on any atom is -0.443 e. The molecule has 3 heteroatoms. The normalized spacial score (nSPS) is 20.6. The van der Waals surface area contributed by atoms with Gasteiger partial charge in [0.1, 0.15) is 5.69 Å². The topological polar surface area (TPSA) is 26.0 Å². The minimum absolute atomic E-state index is 0.423. The largest absolute Gasteiger partial charge is 0.443 e. The average Bonchev–Trinajstić information content (AvgIpc) is 2.85. The molecule has 2 aromatic rings. The quantitative estimate of drug-likeness (QED) is 0.688. The number of allylic oxidation sites excluding steroid dienone is 2. The van der Waals surface area contributed by atoms with Crippen molar-refractivity contribution < 1.29 is 4.42 Å². The van der Waals surface area contributed by atoms with Gasteiger partial charge >= 0.3 is 0 Å². The molecule has 0 saturated heterocycles. The summed E-state index contributed by atoms with van der Waals surface area (Å²) in [7, 11) is 0. The van der Waals surface area contributed by atoms with E-state index >= 15 is 0 Å². The lowest BCUT2D eigenvalue weighted by molar-refractivity contribution is 0.569. The summed E-state index contributed by atoms with van der Waals surface area (Å²) in [6.07, 6.45) is 4.84. The average molecular weight is 288 g/mol. The monoisotopic (exact) mass is 287 g/mol. The van der Waals surface area contributed by atoms with Crippen LogP contribution in [0.3, 0.4) is 0 Å². The summed E-state index contributed by atoms with van der Waals surface area (Å²) in [5.41, 5.74) is 4.55. The Morgan fingerprint density at radius 2 is 2.15 bits per heavy atom. The molecule has 1 aromatic carbocycles. The molecule has 0 bridgehead atoms. The van der Waals surface area contributed by atoms with E-state index in [1.54, 1.807) is 0 Å². The molecule has 0 spiro atoms. The molecule has 20 heavy (non-hydrogen) atoms. The van der Waals surface area contributed by atoms with Gasteiger partial charge in [-0.2, -0.15) is 0 Å². The summed E-state index contributed by atoms with van der Waals surface area (Å²) in [4.78, 5) is 4.44. The maximum atomic E-state index is 6.17. The SMILES string of the molecule is CC(C)/C1=C\CC(C)c2ccc(Cl)cc2-c2ocnc21. The van der Waals surface area contributed by atoms with Gasteiger partial charge in [0.2, 0.25) is 0 Å². The number of rotatable bonds is 1. The summed E-state index contributed by atoms with van der Waals surface area (Å²) in [6.45, 7) is 6.62. The van der Waals surface area contributed by atoms with Gasteiger partial charge in [-0.3, -0.25) is 0 Å². The third-order valence-corrected chi connectivity index (χ3v) is 4.18. The van der Waals surface area contributed by atoms with Crippen LogP contribution < -0.4 is 0 Å². The summed E-state index contributed by atoms with van der Waals surface area (Å²) < 4.78 is 5.69. The highest BCUT2D eigenvalue weighted by Gasteiger charge is 2.24. The molecule has 1 aromatic heterocycles. The van der Waals surface area contributed by atoms with Gasteiger partial charge in [-0.15, -0.1) is 0 Å². The molecule has 1 aliphatic carbocycles. The van der Waals surface area contributed by atoms with Crippen LogP contribution in [0, 0.1) is 5.92 Å². The van der Waals surface area contributed by atoms with Crippen LogP contribution in [-0.2, 0) is 0 Å². The number of halogens is 1. The van der Waals surface area contributed by atoms with Gasteiger partial charge in [-0.05, 0) is 41.5 Å². The molecule has 2 nitrogen and oxygen atoms in total. The summed E-state index contributed by atoms with van der Waals surface area (Å²) >= 11 is 6.17. The maximum Gasteiger partial charge on any atom is 0.182 e. The molecular formula is C17H18ClNO. The number of aromatic nitrogens is 1. The van der Waals surface area contributed by atoms with Gasteiger partial charge in [0, 0.05) is 10.6 Å². The van der Waals surface area contributed by atoms with Crippen LogP contribution in [0.4, 0.5) is 0 Å². The number of nitrogens with zero attached hydrogens (tertiary/aromatic N) is 1. The van der Waals surface area contributed by atoms with Crippen molar-refractivity contribution in [2.24, 2.45) is 5.92 Å². The number of benzene rings is 1. The highest BCUT2D eigenvalue weighted by atomic mass is 35.5. The van der Waals surface area contributed by atoms with E-state index in [-0.39, 0.29) is 0 Å². The second-order valence-corrected chi connectivity index (χ2v) is 6.15. The zero-order valence-corrected chi connectivity index (χ0v) is 12.7. The van der Waals surface area contributed by atoms with Crippen molar-refractivity contribution in [1.29, 1.82) is 0 Å². The molecule has 3 rings (SSSR count). The fourth-order valence-electron chi connectivity index (χ4n) is 2.83. The third-order valence-electron chi connectivity index (χ3n) is 3.95. The van der Waals surface area contributed by atoms with E-state index in [1.807, 2.05) is 12.1 Å². The first-order valence-electron chi connectivity index (χ1n) is 7.01. The Balaban J connectivity index is 2.27. The number of fused-ring (bicyclic) bond motifs is 3. The van der Waals surface area contributed by atoms with Crippen molar-refractivity contribution in [3.8, 4) is 11.3 Å². The van der Waals surface area contributed by atoms with E-state index in [9.17, 15) is 0 Å². The Labute approximate surface area is 124 Å². The van der Waals surface area contributed by atoms with Crippen LogP contribution in [0.2, 0.25) is 5.02 Å². The summed E-state index contributed by atoms with van der Waals surface area (Å²) in [5.74, 6) is 1.70. The Morgan fingerprint density at radius 1 is 1.35 bits per heavy atom. The van der Waals surface area contributed by atoms with Crippen molar-refractivity contribution in [2.75, 3.05) is 0 Å². The second-order valence-electron chi connectivity index (χ2n) is 5.71. The van der Waals surface area contributed by atoms with E-state index in [0.29, 0.717) is 11.8 Å². The summed E-state index contributed by atoms with van der Waals surface area (Å²) in [5, 5.41) is 0.731. The smallest absolute Gasteiger partial charge is 0.182 e. The lowest BCUT2D eigenvalue weighted by Crippen LogP contribution is -2.04. The molecule has 1 heterocycles. The molecule has 0 radical (unpaired) electrons. The van der Waals surface area contributed by atoms with Gasteiger partial charge in [0.05, 0.1) is 0 Å². The lowest BCUT2D eigenvalue weighted by atomic mass is 9.85. The van der Waals surface area contributed by atoms with Crippen molar-refractivity contribution >= 4 is 17.2 Å². The van der Waals surface area contributed by atoms with Gasteiger partial charge in [0.25, 0.3) is 0 Å². The lowest BCUT2D eigenvalue weighted by Gasteiger charge is -2.20. The molecule has 1 atom stereocenters. The molecule has 0 N–H and O–H groups in total. The minimum atomic E-state index is 0.423. The predicted octanol–water partition coefficient (Wildman–Crippen LogP) is 5.54. The van der Waals surface area contributed by atoms with Crippen molar-refractivity contribution in [3.63, 3.8) is 0 Å². The van der Waals surface area contributed by atoms with E-state index in [2.05, 4.69) is 37.9 Å². The van der Waals surface area contributed by atoms with E-state index in [1.165, 1.54) is 17.5 Å². The molecular weight excluding hydrogens is 270 g/mol. The zero-order chi connectivity index (χ0) is 14.3. The standard InChI is InChI=1S/C17H18ClNO/c1-10(2)13-6-4-11(3)14-7-5-12(18)8-15(14)17-16(13)19-9-20-17/h5-11H,4H2,1-3H3/b13-6+. The highest BCUT2D eigenvalue weighted by molar-refractivity contribution is 6.30. The molecule has 0 amide bonds. The number of hydrogen-bond acceptors (Lipinski definition) is 2. The van der Waals surface area contributed by atoms with E-state index in [0.717, 1.165) is 28.5 Å². The maximum absolute atomic E-state index is 6.17. The molecule has 0 fully saturated rings. The van der Waals surface area contributed by atoms with E-state index in [4.69, 9.17) is 16.0 Å². The molecule has 0 aliphatic heterocycles. The number of oxazole rings is 1. The highest BCUT2D eigenvalue weighted by Crippen LogP contribution is 2.41. The van der Waals surface area contributed by atoms with Crippen molar-refractivity contribution in [3.05, 3.63) is 46.9 Å². The van der Waals surface area contributed by atoms with Crippen LogP contribution in [-0.4, -0.2) is 4.98 Å². The first-order valence-corrected chi connectivity index (χ1v) is 7.39. The van der Waals surface area contributed by atoms with Gasteiger partial charge < -0.3 is 4.42 Å². The molecule has 0 saturated carbocycles. The predicted molar refractivity (Wildman–Crippen MR) is 82.8 cm³/mol. The zero-order valence-electron chi connectivity index (χ0n) is 12.0. The Kier molecular flexibility index (Phi) is 3.43. The van der Waals surface area contributed by atoms with E-state index < -0.39 is 0 Å². The van der Waals surface area contributed by atoms with Gasteiger partial charge in [-0.25, -0.2) is 4.98 Å². The van der Waals surface area contributed by atoms with Crippen LogP contribution in [0.1, 0.15) is 44.4 Å². The van der Waals surface area contributed by atoms with Crippen LogP contribution in [0.5, 0.6) is 0 Å². The fourth-order valence-corrected chi connectivity index (χ4v) is 3.01. The summed E-state index contributed by atoms with van der Waals surface area (Å²) in [6, 6.07) is 6.03. The van der Waals surface area contributed by atoms with Crippen molar-refractivity contribution in [2.45, 2.75) is 33.1 Å². The van der Waals surface area contributed by atoms with Gasteiger partial charge in [-0.1, -0.05) is 44.5 Å². The van der Waals surface area contributed by atoms with Gasteiger partial charge in [0.15, 0.2) is 12.2 Å². The van der Waals surface area contributed by atoms with Crippen molar-refractivity contribution in [1.82, 2.24) is 4.98 Å². The number of hydrogen-bond donors (Lipinski definition) is 0. The first kappa shape index (κ1) is 13.4. The first-order chi connectivity index (χ1) is 9.58. The Bertz CT molecular complexity index is 669. The van der Waals surface area contributed by atoms with Crippen LogP contribution >= 0.6 is 11.6 Å².